The molecule has 2 aliphatic heterocycles. The Morgan fingerprint density at radius 1 is 1.00 bits per heavy atom. The number of benzene rings is 1. The topological polar surface area (TPSA) is 79.1 Å². The molecule has 0 unspecified atom stereocenters. The summed E-state index contributed by atoms with van der Waals surface area (Å²) in [5.74, 6) is 3.84. The zero-order valence-corrected chi connectivity index (χ0v) is 20.9. The van der Waals surface area contributed by atoms with Gasteiger partial charge in [-0.1, -0.05) is 19.9 Å². The van der Waals surface area contributed by atoms with E-state index in [0.29, 0.717) is 30.3 Å². The minimum Gasteiger partial charge on any atom is -0.497 e. The van der Waals surface area contributed by atoms with Crippen molar-refractivity contribution < 1.29 is 9.53 Å². The number of methoxy groups -OCH3 is 1. The number of amides is 1. The fourth-order valence-corrected chi connectivity index (χ4v) is 5.39. The summed E-state index contributed by atoms with van der Waals surface area (Å²) in [7, 11) is 1.70. The first-order valence-electron chi connectivity index (χ1n) is 12.6. The lowest BCUT2D eigenvalue weighted by Gasteiger charge is -2.36. The van der Waals surface area contributed by atoms with E-state index in [1.54, 1.807) is 11.6 Å². The van der Waals surface area contributed by atoms with Gasteiger partial charge in [0.2, 0.25) is 5.91 Å². The standard InChI is InChI=1S/C26H35N7O2/c1-19-15-20(2)18-32(17-19)26(34)10-9-24-28-27-23-7-8-25(29-33(23)24)31-13-11-30(12-14-31)21-5-4-6-22(16-21)35-3/h4-8,16,19-20H,9-15,17-18H2,1-3H3/t19-,20-/m1/s1. The van der Waals surface area contributed by atoms with Gasteiger partial charge >= 0.3 is 0 Å². The third kappa shape index (κ3) is 5.18. The Balaban J connectivity index is 1.23. The quantitative estimate of drug-likeness (QED) is 0.540. The van der Waals surface area contributed by atoms with Crippen molar-refractivity contribution >= 4 is 23.1 Å². The molecular weight excluding hydrogens is 442 g/mol. The number of carbonyl (C=O) groups excluding carboxylic acids is 1. The van der Waals surface area contributed by atoms with Gasteiger partial charge in [0, 0.05) is 63.9 Å². The van der Waals surface area contributed by atoms with Gasteiger partial charge in [-0.25, -0.2) is 0 Å². The van der Waals surface area contributed by atoms with Crippen LogP contribution < -0.4 is 14.5 Å². The van der Waals surface area contributed by atoms with Crippen LogP contribution in [-0.2, 0) is 11.2 Å². The van der Waals surface area contributed by atoms with Gasteiger partial charge in [0.1, 0.15) is 11.6 Å². The third-order valence-corrected chi connectivity index (χ3v) is 7.12. The van der Waals surface area contributed by atoms with Crippen molar-refractivity contribution in [2.45, 2.75) is 33.1 Å². The lowest BCUT2D eigenvalue weighted by atomic mass is 9.91. The summed E-state index contributed by atoms with van der Waals surface area (Å²) in [6.07, 6.45) is 2.17. The summed E-state index contributed by atoms with van der Waals surface area (Å²) in [5.41, 5.74) is 1.89. The number of piperidine rings is 1. The smallest absolute Gasteiger partial charge is 0.223 e. The molecule has 186 valence electrons. The Morgan fingerprint density at radius 3 is 2.49 bits per heavy atom. The van der Waals surface area contributed by atoms with Crippen molar-refractivity contribution in [3.05, 3.63) is 42.2 Å². The maximum absolute atomic E-state index is 12.9. The van der Waals surface area contributed by atoms with Crippen LogP contribution >= 0.6 is 0 Å². The first-order chi connectivity index (χ1) is 17.0. The van der Waals surface area contributed by atoms with E-state index in [9.17, 15) is 4.79 Å². The van der Waals surface area contributed by atoms with Crippen LogP contribution in [0.2, 0.25) is 0 Å². The fourth-order valence-electron chi connectivity index (χ4n) is 5.39. The second-order valence-corrected chi connectivity index (χ2v) is 10.00. The van der Waals surface area contributed by atoms with Crippen LogP contribution in [0.25, 0.3) is 5.65 Å². The Labute approximate surface area is 206 Å². The van der Waals surface area contributed by atoms with E-state index in [4.69, 9.17) is 9.84 Å². The van der Waals surface area contributed by atoms with E-state index in [0.717, 1.165) is 56.7 Å². The highest BCUT2D eigenvalue weighted by molar-refractivity contribution is 5.76. The van der Waals surface area contributed by atoms with Gasteiger partial charge in [-0.2, -0.15) is 4.52 Å². The van der Waals surface area contributed by atoms with Gasteiger partial charge in [-0.3, -0.25) is 4.79 Å². The molecule has 0 N–H and O–H groups in total. The molecule has 0 aliphatic carbocycles. The van der Waals surface area contributed by atoms with Gasteiger partial charge in [0.15, 0.2) is 11.5 Å². The van der Waals surface area contributed by atoms with E-state index < -0.39 is 0 Å². The average molecular weight is 478 g/mol. The molecule has 4 heterocycles. The summed E-state index contributed by atoms with van der Waals surface area (Å²) in [6.45, 7) is 9.72. The minimum atomic E-state index is 0.199. The molecule has 2 fully saturated rings. The van der Waals surface area contributed by atoms with Crippen molar-refractivity contribution in [2.24, 2.45) is 11.8 Å². The number of aryl methyl sites for hydroxylation is 1. The predicted molar refractivity (Wildman–Crippen MR) is 136 cm³/mol. The molecule has 2 aromatic heterocycles. The van der Waals surface area contributed by atoms with Crippen LogP contribution in [0.1, 0.15) is 32.5 Å². The maximum Gasteiger partial charge on any atom is 0.223 e. The average Bonchev–Trinajstić information content (AvgIpc) is 3.29. The van der Waals surface area contributed by atoms with Crippen LogP contribution in [-0.4, -0.2) is 77.0 Å². The molecule has 0 saturated carbocycles. The largest absolute Gasteiger partial charge is 0.497 e. The Bertz CT molecular complexity index is 1160. The number of carbonyl (C=O) groups is 1. The molecule has 1 amide bonds. The molecule has 35 heavy (non-hydrogen) atoms. The van der Waals surface area contributed by atoms with Crippen molar-refractivity contribution in [3.63, 3.8) is 0 Å². The van der Waals surface area contributed by atoms with E-state index in [-0.39, 0.29) is 5.91 Å². The lowest BCUT2D eigenvalue weighted by molar-refractivity contribution is -0.133. The summed E-state index contributed by atoms with van der Waals surface area (Å²) in [4.78, 5) is 19.5. The van der Waals surface area contributed by atoms with Gasteiger partial charge < -0.3 is 19.4 Å². The lowest BCUT2D eigenvalue weighted by Crippen LogP contribution is -2.47. The second kappa shape index (κ2) is 10.1. The highest BCUT2D eigenvalue weighted by Crippen LogP contribution is 2.24. The number of nitrogens with zero attached hydrogens (tertiary/aromatic N) is 7. The summed E-state index contributed by atoms with van der Waals surface area (Å²) in [6, 6.07) is 12.2. The van der Waals surface area contributed by atoms with Gasteiger partial charge in [0.05, 0.1) is 7.11 Å². The van der Waals surface area contributed by atoms with Crippen molar-refractivity contribution in [2.75, 3.05) is 56.2 Å². The van der Waals surface area contributed by atoms with Crippen molar-refractivity contribution in [3.8, 4) is 5.75 Å². The number of anilines is 2. The van der Waals surface area contributed by atoms with Gasteiger partial charge in [-0.05, 0) is 42.5 Å². The van der Waals surface area contributed by atoms with Crippen LogP contribution in [0.4, 0.5) is 11.5 Å². The highest BCUT2D eigenvalue weighted by Gasteiger charge is 2.26. The number of rotatable bonds is 6. The number of hydrogen-bond acceptors (Lipinski definition) is 7. The number of ether oxygens (including phenoxy) is 1. The van der Waals surface area contributed by atoms with Crippen LogP contribution in [0.5, 0.6) is 5.75 Å². The Morgan fingerprint density at radius 2 is 1.74 bits per heavy atom. The molecule has 2 atom stereocenters. The number of fused-ring (bicyclic) bond motifs is 1. The van der Waals surface area contributed by atoms with Crippen molar-refractivity contribution in [1.29, 1.82) is 0 Å². The SMILES string of the molecule is COc1cccc(N2CCN(c3ccc4nnc(CCC(=O)N5C[C@H](C)C[C@@H](C)C5)n4n3)CC2)c1. The maximum atomic E-state index is 12.9. The number of hydrogen-bond donors (Lipinski definition) is 0. The molecule has 5 rings (SSSR count). The van der Waals surface area contributed by atoms with E-state index in [2.05, 4.69) is 46.0 Å². The predicted octanol–water partition coefficient (Wildman–Crippen LogP) is 2.90. The molecule has 2 aliphatic rings. The minimum absolute atomic E-state index is 0.199. The fraction of sp³-hybridized carbons (Fsp3) is 0.538. The zero-order valence-electron chi connectivity index (χ0n) is 20.9. The second-order valence-electron chi connectivity index (χ2n) is 10.00. The third-order valence-electron chi connectivity index (χ3n) is 7.12. The van der Waals surface area contributed by atoms with E-state index >= 15 is 0 Å². The number of piperazine rings is 1. The van der Waals surface area contributed by atoms with E-state index in [1.807, 2.05) is 29.2 Å². The van der Waals surface area contributed by atoms with Crippen LogP contribution in [0.15, 0.2) is 36.4 Å². The van der Waals surface area contributed by atoms with Crippen LogP contribution in [0.3, 0.4) is 0 Å². The summed E-state index contributed by atoms with van der Waals surface area (Å²) in [5, 5.41) is 13.5. The monoisotopic (exact) mass is 477 g/mol. The molecular formula is C26H35N7O2. The molecule has 3 aromatic rings. The Hall–Kier alpha value is -3.36. The molecule has 9 heteroatoms. The zero-order chi connectivity index (χ0) is 24.4. The first-order valence-corrected chi connectivity index (χ1v) is 12.6. The first kappa shape index (κ1) is 23.4. The number of likely N-dealkylation sites (tertiary alicyclic amines) is 1. The van der Waals surface area contributed by atoms with Gasteiger partial charge in [0.25, 0.3) is 0 Å². The molecule has 0 spiro atoms. The molecule has 1 aromatic carbocycles. The number of aromatic nitrogens is 4. The van der Waals surface area contributed by atoms with E-state index in [1.165, 1.54) is 12.1 Å². The molecule has 0 radical (unpaired) electrons. The normalized spacial score (nSPS) is 20.9. The summed E-state index contributed by atoms with van der Waals surface area (Å²) >= 11 is 0. The van der Waals surface area contributed by atoms with Gasteiger partial charge in [-0.15, -0.1) is 15.3 Å². The molecule has 9 nitrogen and oxygen atoms in total. The molecule has 0 bridgehead atoms. The van der Waals surface area contributed by atoms with Crippen LogP contribution in [0, 0.1) is 11.8 Å². The molecule has 2 saturated heterocycles. The Kier molecular flexibility index (Phi) is 6.74. The highest BCUT2D eigenvalue weighted by atomic mass is 16.5. The van der Waals surface area contributed by atoms with Crippen molar-refractivity contribution in [1.82, 2.24) is 24.7 Å². The summed E-state index contributed by atoms with van der Waals surface area (Å²) < 4.78 is 7.18.